The monoisotopic (exact) mass is 431 g/mol. The maximum atomic E-state index is 13.7. The van der Waals surface area contributed by atoms with Crippen molar-refractivity contribution in [2.45, 2.75) is 17.4 Å². The normalized spacial score (nSPS) is 15.5. The molecule has 5 nitrogen and oxygen atoms in total. The molecule has 1 atom stereocenters. The van der Waals surface area contributed by atoms with Crippen LogP contribution in [0.15, 0.2) is 82.7 Å². The van der Waals surface area contributed by atoms with Crippen LogP contribution in [0.4, 0.5) is 4.39 Å². The zero-order chi connectivity index (χ0) is 21.4. The molecule has 0 saturated heterocycles. The van der Waals surface area contributed by atoms with Gasteiger partial charge in [0, 0.05) is 16.2 Å². The molecule has 1 aromatic heterocycles. The third-order valence-electron chi connectivity index (χ3n) is 5.39. The molecule has 0 aliphatic carbocycles. The number of hydrogen-bond acceptors (Lipinski definition) is 4. The minimum Gasteiger partial charge on any atom is -0.345 e. The van der Waals surface area contributed by atoms with Crippen LogP contribution < -0.4 is 10.9 Å². The van der Waals surface area contributed by atoms with E-state index in [9.17, 15) is 14.0 Å². The van der Waals surface area contributed by atoms with E-state index in [1.165, 1.54) is 23.0 Å². The molecule has 154 valence electrons. The molecule has 1 aliphatic rings. The second-order valence-electron chi connectivity index (χ2n) is 7.33. The zero-order valence-corrected chi connectivity index (χ0v) is 17.2. The largest absolute Gasteiger partial charge is 0.345 e. The average Bonchev–Trinajstić information content (AvgIpc) is 2.80. The summed E-state index contributed by atoms with van der Waals surface area (Å²) in [6.45, 7) is 0. The minimum atomic E-state index is -0.306. The summed E-state index contributed by atoms with van der Waals surface area (Å²) in [5.74, 6) is 0.322. The van der Waals surface area contributed by atoms with Gasteiger partial charge in [-0.1, -0.05) is 12.1 Å². The quantitative estimate of drug-likeness (QED) is 0.519. The lowest BCUT2D eigenvalue weighted by molar-refractivity contribution is 0.0935. The number of nitrogens with one attached hydrogen (secondary N) is 1. The van der Waals surface area contributed by atoms with Crippen molar-refractivity contribution >= 4 is 28.6 Å². The van der Waals surface area contributed by atoms with E-state index in [4.69, 9.17) is 0 Å². The number of aromatic nitrogens is 2. The van der Waals surface area contributed by atoms with Gasteiger partial charge in [-0.2, -0.15) is 0 Å². The summed E-state index contributed by atoms with van der Waals surface area (Å²) in [5.41, 5.74) is 2.39. The van der Waals surface area contributed by atoms with Gasteiger partial charge in [0.1, 0.15) is 12.1 Å². The fraction of sp³-hybridized carbons (Fsp3) is 0.125. The van der Waals surface area contributed by atoms with E-state index >= 15 is 0 Å². The maximum Gasteiger partial charge on any atom is 0.265 e. The predicted molar refractivity (Wildman–Crippen MR) is 119 cm³/mol. The van der Waals surface area contributed by atoms with E-state index < -0.39 is 0 Å². The Balaban J connectivity index is 1.39. The zero-order valence-electron chi connectivity index (χ0n) is 16.4. The van der Waals surface area contributed by atoms with Crippen molar-refractivity contribution < 1.29 is 9.18 Å². The van der Waals surface area contributed by atoms with Crippen molar-refractivity contribution in [1.29, 1.82) is 0 Å². The first kappa shape index (κ1) is 19.5. The molecule has 2 heterocycles. The molecule has 0 fully saturated rings. The molecule has 1 N–H and O–H groups in total. The van der Waals surface area contributed by atoms with Gasteiger partial charge < -0.3 is 5.32 Å². The van der Waals surface area contributed by atoms with E-state index in [2.05, 4.69) is 10.3 Å². The smallest absolute Gasteiger partial charge is 0.265 e. The fourth-order valence-electron chi connectivity index (χ4n) is 3.78. The Bertz CT molecular complexity index is 1350. The maximum absolute atomic E-state index is 13.7. The average molecular weight is 431 g/mol. The second kappa shape index (κ2) is 8.00. The fourth-order valence-corrected chi connectivity index (χ4v) is 4.89. The molecule has 0 radical (unpaired) electrons. The number of carbonyl (C=O) groups excluding carboxylic acids is 1. The van der Waals surface area contributed by atoms with E-state index in [-0.39, 0.29) is 23.3 Å². The molecule has 7 heteroatoms. The highest BCUT2D eigenvalue weighted by atomic mass is 32.2. The van der Waals surface area contributed by atoms with Gasteiger partial charge in [0.15, 0.2) is 0 Å². The van der Waals surface area contributed by atoms with Crippen LogP contribution in [0.25, 0.3) is 16.6 Å². The van der Waals surface area contributed by atoms with Crippen LogP contribution >= 0.6 is 11.8 Å². The topological polar surface area (TPSA) is 64.0 Å². The van der Waals surface area contributed by atoms with E-state index in [0.717, 1.165) is 22.6 Å². The van der Waals surface area contributed by atoms with Crippen LogP contribution in [0.3, 0.4) is 0 Å². The van der Waals surface area contributed by atoms with Crippen LogP contribution in [0, 0.1) is 5.82 Å². The van der Waals surface area contributed by atoms with Gasteiger partial charge in [-0.25, -0.2) is 9.37 Å². The minimum absolute atomic E-state index is 0.166. The number of para-hydroxylation sites is 1. The van der Waals surface area contributed by atoms with Gasteiger partial charge in [0.2, 0.25) is 0 Å². The Morgan fingerprint density at radius 2 is 1.90 bits per heavy atom. The van der Waals surface area contributed by atoms with Crippen LogP contribution in [0.1, 0.15) is 28.4 Å². The molecule has 5 rings (SSSR count). The van der Waals surface area contributed by atoms with Crippen LogP contribution in [0.5, 0.6) is 0 Å². The van der Waals surface area contributed by atoms with Crippen LogP contribution in [-0.2, 0) is 0 Å². The number of rotatable bonds is 3. The standard InChI is InChI=1S/C24H18FN3O2S/c25-16-7-10-22-19(13-16)21(11-12-31-22)27-23(29)15-5-8-17(9-6-15)28-14-26-20-4-2-1-3-18(20)24(28)30/h1-10,13-14,21H,11-12H2,(H,27,29). The van der Waals surface area contributed by atoms with Gasteiger partial charge in [0.25, 0.3) is 11.5 Å². The van der Waals surface area contributed by atoms with Gasteiger partial charge in [-0.05, 0) is 66.6 Å². The lowest BCUT2D eigenvalue weighted by atomic mass is 10.0. The highest BCUT2D eigenvalue weighted by Gasteiger charge is 2.23. The number of thioether (sulfide) groups is 1. The number of amides is 1. The van der Waals surface area contributed by atoms with Gasteiger partial charge in [0.05, 0.1) is 22.6 Å². The molecule has 0 saturated carbocycles. The van der Waals surface area contributed by atoms with Crippen molar-refractivity contribution in [2.75, 3.05) is 5.75 Å². The van der Waals surface area contributed by atoms with Crippen molar-refractivity contribution in [3.63, 3.8) is 0 Å². The highest BCUT2D eigenvalue weighted by molar-refractivity contribution is 7.99. The number of halogens is 1. The van der Waals surface area contributed by atoms with Crippen molar-refractivity contribution in [3.8, 4) is 5.69 Å². The first-order valence-electron chi connectivity index (χ1n) is 9.90. The van der Waals surface area contributed by atoms with Crippen molar-refractivity contribution in [2.24, 2.45) is 0 Å². The summed E-state index contributed by atoms with van der Waals surface area (Å²) < 4.78 is 15.2. The van der Waals surface area contributed by atoms with E-state index in [1.54, 1.807) is 60.3 Å². The van der Waals surface area contributed by atoms with Crippen molar-refractivity contribution in [1.82, 2.24) is 14.9 Å². The molecule has 1 amide bonds. The summed E-state index contributed by atoms with van der Waals surface area (Å²) in [5, 5.41) is 3.55. The number of nitrogens with zero attached hydrogens (tertiary/aromatic N) is 2. The molecular formula is C24H18FN3O2S. The third-order valence-corrected chi connectivity index (χ3v) is 6.51. The number of benzene rings is 3. The van der Waals surface area contributed by atoms with Gasteiger partial charge in [-0.3, -0.25) is 14.2 Å². The Kier molecular flexibility index (Phi) is 5.03. The molecule has 0 spiro atoms. The van der Waals surface area contributed by atoms with E-state index in [1.807, 2.05) is 6.07 Å². The van der Waals surface area contributed by atoms with Gasteiger partial charge >= 0.3 is 0 Å². The summed E-state index contributed by atoms with van der Waals surface area (Å²) in [7, 11) is 0. The Morgan fingerprint density at radius 3 is 2.74 bits per heavy atom. The number of hydrogen-bond donors (Lipinski definition) is 1. The number of fused-ring (bicyclic) bond motifs is 2. The molecule has 1 unspecified atom stereocenters. The molecule has 3 aromatic carbocycles. The molecule has 4 aromatic rings. The molecule has 0 bridgehead atoms. The Morgan fingerprint density at radius 1 is 1.10 bits per heavy atom. The second-order valence-corrected chi connectivity index (χ2v) is 8.47. The molecule has 31 heavy (non-hydrogen) atoms. The van der Waals surface area contributed by atoms with Crippen LogP contribution in [-0.4, -0.2) is 21.2 Å². The number of carbonyl (C=O) groups is 1. The first-order valence-corrected chi connectivity index (χ1v) is 10.9. The van der Waals surface area contributed by atoms with Crippen LogP contribution in [0.2, 0.25) is 0 Å². The summed E-state index contributed by atoms with van der Waals surface area (Å²) >= 11 is 1.67. The molecule has 1 aliphatic heterocycles. The lowest BCUT2D eigenvalue weighted by Gasteiger charge is -2.26. The summed E-state index contributed by atoms with van der Waals surface area (Å²) in [6, 6.07) is 18.4. The Labute approximate surface area is 181 Å². The SMILES string of the molecule is O=C(NC1CCSc2ccc(F)cc21)c1ccc(-n2cnc3ccccc3c2=O)cc1. The summed E-state index contributed by atoms with van der Waals surface area (Å²) in [6.07, 6.45) is 2.23. The first-order chi connectivity index (χ1) is 15.1. The highest BCUT2D eigenvalue weighted by Crippen LogP contribution is 2.36. The third kappa shape index (κ3) is 3.72. The lowest BCUT2D eigenvalue weighted by Crippen LogP contribution is -2.30. The predicted octanol–water partition coefficient (Wildman–Crippen LogP) is 4.49. The summed E-state index contributed by atoms with van der Waals surface area (Å²) in [4.78, 5) is 30.9. The Hall–Kier alpha value is -3.45. The van der Waals surface area contributed by atoms with Crippen molar-refractivity contribution in [3.05, 3.63) is 100 Å². The van der Waals surface area contributed by atoms with E-state index in [0.29, 0.717) is 22.2 Å². The molecular weight excluding hydrogens is 413 g/mol. The van der Waals surface area contributed by atoms with Gasteiger partial charge in [-0.15, -0.1) is 11.8 Å².